The first-order chi connectivity index (χ1) is 13.4. The van der Waals surface area contributed by atoms with Gasteiger partial charge in [-0.15, -0.1) is 0 Å². The van der Waals surface area contributed by atoms with Crippen molar-refractivity contribution in [3.63, 3.8) is 0 Å². The van der Waals surface area contributed by atoms with Crippen LogP contribution in [0, 0.1) is 6.92 Å². The summed E-state index contributed by atoms with van der Waals surface area (Å²) in [6, 6.07) is 13.1. The Bertz CT molecular complexity index is 982. The first-order valence-electron chi connectivity index (χ1n) is 9.10. The van der Waals surface area contributed by atoms with Gasteiger partial charge in [0.25, 0.3) is 0 Å². The predicted molar refractivity (Wildman–Crippen MR) is 111 cm³/mol. The van der Waals surface area contributed by atoms with Gasteiger partial charge in [-0.25, -0.2) is 13.1 Å². The molecule has 1 aliphatic heterocycles. The number of nitrogens with one attached hydrogen (secondary N) is 1. The number of hydrogen-bond acceptors (Lipinski definition) is 4. The largest absolute Gasteiger partial charge is 0.497 e. The third kappa shape index (κ3) is 4.99. The Labute approximate surface area is 165 Å². The molecule has 7 heteroatoms. The average Bonchev–Trinajstić information content (AvgIpc) is 2.71. The molecule has 0 radical (unpaired) electrons. The number of amides is 1. The minimum atomic E-state index is -3.71. The van der Waals surface area contributed by atoms with Crippen LogP contribution in [-0.4, -0.2) is 34.5 Å². The van der Waals surface area contributed by atoms with Crippen LogP contribution in [0.5, 0.6) is 5.75 Å². The fourth-order valence-corrected chi connectivity index (χ4v) is 3.87. The molecule has 148 valence electrons. The molecule has 1 amide bonds. The van der Waals surface area contributed by atoms with Crippen LogP contribution >= 0.6 is 0 Å². The van der Waals surface area contributed by atoms with Crippen LogP contribution in [0.25, 0.3) is 6.08 Å². The highest BCUT2D eigenvalue weighted by atomic mass is 32.2. The lowest BCUT2D eigenvalue weighted by Crippen LogP contribution is -2.42. The van der Waals surface area contributed by atoms with Crippen molar-refractivity contribution in [2.24, 2.45) is 0 Å². The van der Waals surface area contributed by atoms with Gasteiger partial charge >= 0.3 is 0 Å². The summed E-state index contributed by atoms with van der Waals surface area (Å²) in [7, 11) is -2.11. The molecular weight excluding hydrogens is 376 g/mol. The number of methoxy groups -OCH3 is 1. The number of aryl methyl sites for hydroxylation is 2. The lowest BCUT2D eigenvalue weighted by Gasteiger charge is -2.29. The number of anilines is 1. The number of fused-ring (bicyclic) bond motifs is 1. The molecule has 1 heterocycles. The second kappa shape index (κ2) is 8.58. The van der Waals surface area contributed by atoms with Crippen molar-refractivity contribution in [1.82, 2.24) is 4.72 Å². The summed E-state index contributed by atoms with van der Waals surface area (Å²) >= 11 is 0. The Morgan fingerprint density at radius 2 is 1.96 bits per heavy atom. The zero-order chi connectivity index (χ0) is 20.1. The van der Waals surface area contributed by atoms with Crippen molar-refractivity contribution in [1.29, 1.82) is 0 Å². The molecule has 3 rings (SSSR count). The number of carbonyl (C=O) groups is 1. The Kier molecular flexibility index (Phi) is 6.16. The summed E-state index contributed by atoms with van der Waals surface area (Å²) in [6.45, 7) is 2.25. The Morgan fingerprint density at radius 3 is 2.68 bits per heavy atom. The molecule has 6 nitrogen and oxygen atoms in total. The average molecular weight is 401 g/mol. The van der Waals surface area contributed by atoms with Crippen LogP contribution in [0.1, 0.15) is 23.1 Å². The van der Waals surface area contributed by atoms with Crippen molar-refractivity contribution in [3.8, 4) is 5.75 Å². The first-order valence-corrected chi connectivity index (χ1v) is 10.6. The molecule has 0 spiro atoms. The zero-order valence-electron chi connectivity index (χ0n) is 16.0. The van der Waals surface area contributed by atoms with Crippen LogP contribution in [0.3, 0.4) is 0 Å². The summed E-state index contributed by atoms with van der Waals surface area (Å²) in [5, 5.41) is 1.08. The van der Waals surface area contributed by atoms with E-state index in [2.05, 4.69) is 4.72 Å². The number of hydrogen-bond donors (Lipinski definition) is 1. The van der Waals surface area contributed by atoms with Crippen molar-refractivity contribution in [3.05, 3.63) is 64.6 Å². The highest BCUT2D eigenvalue weighted by Gasteiger charge is 2.23. The van der Waals surface area contributed by atoms with E-state index < -0.39 is 10.0 Å². The van der Waals surface area contributed by atoms with Gasteiger partial charge in [0.2, 0.25) is 15.9 Å². The monoisotopic (exact) mass is 400 g/mol. The molecule has 1 N–H and O–H groups in total. The van der Waals surface area contributed by atoms with E-state index in [1.807, 2.05) is 43.3 Å². The molecule has 28 heavy (non-hydrogen) atoms. The summed E-state index contributed by atoms with van der Waals surface area (Å²) in [5.74, 6) is 0.466. The Hall–Kier alpha value is -2.64. The summed E-state index contributed by atoms with van der Waals surface area (Å²) in [5.41, 5.74) is 3.72. The molecule has 0 saturated carbocycles. The van der Waals surface area contributed by atoms with Gasteiger partial charge in [-0.05, 0) is 55.2 Å². The van der Waals surface area contributed by atoms with Gasteiger partial charge in [0.15, 0.2) is 0 Å². The quantitative estimate of drug-likeness (QED) is 0.809. The molecular formula is C21H24N2O4S. The van der Waals surface area contributed by atoms with Gasteiger partial charge in [-0.2, -0.15) is 0 Å². The maximum atomic E-state index is 12.6. The van der Waals surface area contributed by atoms with Crippen molar-refractivity contribution in [2.45, 2.75) is 19.8 Å². The highest BCUT2D eigenvalue weighted by molar-refractivity contribution is 7.92. The number of sulfonamides is 1. The fourth-order valence-electron chi connectivity index (χ4n) is 3.11. The van der Waals surface area contributed by atoms with Crippen molar-refractivity contribution >= 4 is 27.7 Å². The van der Waals surface area contributed by atoms with Crippen LogP contribution in [-0.2, 0) is 21.2 Å². The Balaban J connectivity index is 1.64. The third-order valence-electron chi connectivity index (χ3n) is 4.65. The lowest BCUT2D eigenvalue weighted by atomic mass is 10.0. The SMILES string of the molecule is COc1ccc2c(c1)CCCN2C(=O)CNS(=O)(=O)C=Cc1ccc(C)cc1. The topological polar surface area (TPSA) is 75.7 Å². The second-order valence-corrected chi connectivity index (χ2v) is 8.37. The summed E-state index contributed by atoms with van der Waals surface area (Å²) < 4.78 is 32.0. The van der Waals surface area contributed by atoms with E-state index in [-0.39, 0.29) is 12.5 Å². The van der Waals surface area contributed by atoms with E-state index >= 15 is 0 Å². The van der Waals surface area contributed by atoms with E-state index in [0.717, 1.165) is 46.4 Å². The van der Waals surface area contributed by atoms with Crippen LogP contribution in [0.2, 0.25) is 0 Å². The van der Waals surface area contributed by atoms with Gasteiger partial charge < -0.3 is 9.64 Å². The molecule has 2 aromatic carbocycles. The predicted octanol–water partition coefficient (Wildman–Crippen LogP) is 2.87. The minimum absolute atomic E-state index is 0.279. The standard InChI is InChI=1S/C21H24N2O4S/c1-16-5-7-17(8-6-16)11-13-28(25,26)22-15-21(24)23-12-3-4-18-14-19(27-2)9-10-20(18)23/h5-11,13-14,22H,3-4,12,15H2,1-2H3. The van der Waals surface area contributed by atoms with E-state index in [0.29, 0.717) is 6.54 Å². The van der Waals surface area contributed by atoms with Crippen molar-refractivity contribution in [2.75, 3.05) is 25.1 Å². The van der Waals surface area contributed by atoms with Crippen LogP contribution in [0.15, 0.2) is 47.9 Å². The molecule has 0 aromatic heterocycles. The molecule has 0 bridgehead atoms. The maximum absolute atomic E-state index is 12.6. The molecule has 0 fully saturated rings. The smallest absolute Gasteiger partial charge is 0.242 e. The van der Waals surface area contributed by atoms with Gasteiger partial charge in [-0.3, -0.25) is 4.79 Å². The van der Waals surface area contributed by atoms with E-state index in [1.165, 1.54) is 6.08 Å². The molecule has 2 aromatic rings. The number of ether oxygens (including phenoxy) is 1. The third-order valence-corrected chi connectivity index (χ3v) is 5.69. The normalized spacial score (nSPS) is 14.1. The van der Waals surface area contributed by atoms with Gasteiger partial charge in [0, 0.05) is 17.6 Å². The van der Waals surface area contributed by atoms with Crippen LogP contribution in [0.4, 0.5) is 5.69 Å². The number of nitrogens with zero attached hydrogens (tertiary/aromatic N) is 1. The number of benzene rings is 2. The summed E-state index contributed by atoms with van der Waals surface area (Å²) in [6.07, 6.45) is 3.20. The molecule has 0 saturated heterocycles. The minimum Gasteiger partial charge on any atom is -0.497 e. The molecule has 0 aliphatic carbocycles. The zero-order valence-corrected chi connectivity index (χ0v) is 16.8. The van der Waals surface area contributed by atoms with E-state index in [4.69, 9.17) is 4.74 Å². The van der Waals surface area contributed by atoms with Crippen molar-refractivity contribution < 1.29 is 17.9 Å². The number of rotatable bonds is 6. The van der Waals surface area contributed by atoms with E-state index in [9.17, 15) is 13.2 Å². The number of carbonyl (C=O) groups excluding carboxylic acids is 1. The van der Waals surface area contributed by atoms with Gasteiger partial charge in [0.05, 0.1) is 13.7 Å². The van der Waals surface area contributed by atoms with Crippen LogP contribution < -0.4 is 14.4 Å². The van der Waals surface area contributed by atoms with E-state index in [1.54, 1.807) is 18.1 Å². The fraction of sp³-hybridized carbons (Fsp3) is 0.286. The highest BCUT2D eigenvalue weighted by Crippen LogP contribution is 2.30. The second-order valence-electron chi connectivity index (χ2n) is 6.72. The molecule has 0 unspecified atom stereocenters. The maximum Gasteiger partial charge on any atom is 0.242 e. The van der Waals surface area contributed by atoms with Gasteiger partial charge in [0.1, 0.15) is 5.75 Å². The first kappa shape index (κ1) is 20.1. The molecule has 0 atom stereocenters. The Morgan fingerprint density at radius 1 is 1.21 bits per heavy atom. The lowest BCUT2D eigenvalue weighted by molar-refractivity contribution is -0.117. The summed E-state index contributed by atoms with van der Waals surface area (Å²) in [4.78, 5) is 14.2. The van der Waals surface area contributed by atoms with Gasteiger partial charge in [-0.1, -0.05) is 29.8 Å². The molecule has 1 aliphatic rings.